The Morgan fingerprint density at radius 3 is 1.65 bits per heavy atom. The number of hydroxylamine groups is 2. The minimum absolute atomic E-state index is 0.0818. The molecule has 2 aliphatic rings. The molecule has 2 aliphatic heterocycles. The number of rotatable bonds is 22. The van der Waals surface area contributed by atoms with Crippen LogP contribution >= 0.6 is 0 Å². The Hall–Kier alpha value is -0.690. The highest BCUT2D eigenvalue weighted by molar-refractivity contribution is 5.69. The maximum Gasteiger partial charge on any atom is 0.305 e. The first kappa shape index (κ1) is 38.5. The highest BCUT2D eigenvalue weighted by Gasteiger charge is 2.63. The standard InChI is InChI=1S/C37H71NO5/c1-9-13-14-15-16-17-18-19-20-21-22-23-24-25-26-27-33(39)41-29-36(12-4)30-42-37(43-31-36)28-34(6,10-2)38(40-8)35(7,11-3)32(37)5/h32H,9-31H2,1-8H3. The van der Waals surface area contributed by atoms with Crippen LogP contribution in [0.25, 0.3) is 0 Å². The van der Waals surface area contributed by atoms with Crippen molar-refractivity contribution in [2.45, 2.75) is 194 Å². The fourth-order valence-electron chi connectivity index (χ4n) is 7.49. The van der Waals surface area contributed by atoms with Crippen molar-refractivity contribution < 1.29 is 23.8 Å². The molecule has 0 aromatic rings. The third-order valence-electron chi connectivity index (χ3n) is 11.4. The zero-order valence-corrected chi connectivity index (χ0v) is 29.8. The van der Waals surface area contributed by atoms with Gasteiger partial charge in [0, 0.05) is 24.3 Å². The number of unbranched alkanes of at least 4 members (excludes halogenated alkanes) is 14. The summed E-state index contributed by atoms with van der Waals surface area (Å²) in [6, 6.07) is 0. The Morgan fingerprint density at radius 1 is 0.744 bits per heavy atom. The Balaban J connectivity index is 1.65. The lowest BCUT2D eigenvalue weighted by atomic mass is 9.66. The van der Waals surface area contributed by atoms with E-state index >= 15 is 0 Å². The van der Waals surface area contributed by atoms with Gasteiger partial charge in [-0.1, -0.05) is 125 Å². The normalized spacial score (nSPS) is 31.5. The first-order valence-electron chi connectivity index (χ1n) is 18.4. The molecule has 3 unspecified atom stereocenters. The zero-order chi connectivity index (χ0) is 31.8. The molecule has 2 saturated heterocycles. The monoisotopic (exact) mass is 610 g/mol. The van der Waals surface area contributed by atoms with E-state index in [0.29, 0.717) is 26.2 Å². The van der Waals surface area contributed by atoms with Gasteiger partial charge in [-0.3, -0.25) is 4.79 Å². The van der Waals surface area contributed by atoms with Gasteiger partial charge >= 0.3 is 5.97 Å². The van der Waals surface area contributed by atoms with Gasteiger partial charge < -0.3 is 19.0 Å². The molecule has 2 heterocycles. The van der Waals surface area contributed by atoms with Gasteiger partial charge in [0.15, 0.2) is 5.79 Å². The second-order valence-electron chi connectivity index (χ2n) is 14.5. The number of carbonyl (C=O) groups is 1. The minimum atomic E-state index is -0.666. The third-order valence-corrected chi connectivity index (χ3v) is 11.4. The number of nitrogens with zero attached hydrogens (tertiary/aromatic N) is 1. The van der Waals surface area contributed by atoms with Crippen molar-refractivity contribution in [3.63, 3.8) is 0 Å². The maximum atomic E-state index is 12.6. The molecule has 6 heteroatoms. The number of ether oxygens (including phenoxy) is 3. The summed E-state index contributed by atoms with van der Waals surface area (Å²) in [7, 11) is 1.78. The van der Waals surface area contributed by atoms with E-state index in [4.69, 9.17) is 19.0 Å². The van der Waals surface area contributed by atoms with E-state index < -0.39 is 5.79 Å². The molecule has 1 spiro atoms. The molecular formula is C37H71NO5. The van der Waals surface area contributed by atoms with Crippen LogP contribution in [0.2, 0.25) is 0 Å². The Labute approximate surface area is 266 Å². The van der Waals surface area contributed by atoms with Crippen molar-refractivity contribution in [2.24, 2.45) is 11.3 Å². The van der Waals surface area contributed by atoms with E-state index in [9.17, 15) is 4.79 Å². The van der Waals surface area contributed by atoms with Crippen molar-refractivity contribution in [2.75, 3.05) is 26.9 Å². The molecule has 43 heavy (non-hydrogen) atoms. The summed E-state index contributed by atoms with van der Waals surface area (Å²) >= 11 is 0. The van der Waals surface area contributed by atoms with Gasteiger partial charge in [-0.25, -0.2) is 0 Å². The van der Waals surface area contributed by atoms with Crippen molar-refractivity contribution >= 4 is 5.97 Å². The summed E-state index contributed by atoms with van der Waals surface area (Å²) in [6.07, 6.45) is 23.9. The molecule has 0 aliphatic carbocycles. The van der Waals surface area contributed by atoms with E-state index in [1.165, 1.54) is 83.5 Å². The van der Waals surface area contributed by atoms with Crippen LogP contribution in [-0.4, -0.2) is 54.8 Å². The average Bonchev–Trinajstić information content (AvgIpc) is 3.02. The van der Waals surface area contributed by atoms with Crippen LogP contribution in [0.3, 0.4) is 0 Å². The molecule has 0 amide bonds. The van der Waals surface area contributed by atoms with Gasteiger partial charge in [0.05, 0.1) is 31.3 Å². The topological polar surface area (TPSA) is 57.2 Å². The lowest BCUT2D eigenvalue weighted by Gasteiger charge is -2.64. The number of hydrogen-bond donors (Lipinski definition) is 0. The van der Waals surface area contributed by atoms with E-state index in [1.54, 1.807) is 7.11 Å². The molecule has 2 rings (SSSR count). The first-order chi connectivity index (χ1) is 20.6. The molecule has 0 aromatic carbocycles. The number of hydrogen-bond acceptors (Lipinski definition) is 6. The molecule has 6 nitrogen and oxygen atoms in total. The van der Waals surface area contributed by atoms with Crippen LogP contribution in [0.15, 0.2) is 0 Å². The Morgan fingerprint density at radius 2 is 1.23 bits per heavy atom. The van der Waals surface area contributed by atoms with Gasteiger partial charge in [0.25, 0.3) is 0 Å². The van der Waals surface area contributed by atoms with E-state index in [1.807, 2.05) is 0 Å². The number of carbonyl (C=O) groups excluding carboxylic acids is 1. The zero-order valence-electron chi connectivity index (χ0n) is 29.8. The van der Waals surface area contributed by atoms with Gasteiger partial charge in [-0.15, -0.1) is 0 Å². The highest BCUT2D eigenvalue weighted by Crippen LogP contribution is 2.54. The van der Waals surface area contributed by atoms with Gasteiger partial charge in [-0.05, 0) is 39.5 Å². The fraction of sp³-hybridized carbons (Fsp3) is 0.973. The molecule has 254 valence electrons. The van der Waals surface area contributed by atoms with Crippen molar-refractivity contribution in [3.05, 3.63) is 0 Å². The first-order valence-corrected chi connectivity index (χ1v) is 18.4. The predicted molar refractivity (Wildman–Crippen MR) is 178 cm³/mol. The van der Waals surface area contributed by atoms with Crippen molar-refractivity contribution in [3.8, 4) is 0 Å². The van der Waals surface area contributed by atoms with Crippen LogP contribution in [0, 0.1) is 11.3 Å². The lowest BCUT2D eigenvalue weighted by Crippen LogP contribution is -2.73. The fourth-order valence-corrected chi connectivity index (χ4v) is 7.49. The Kier molecular flexibility index (Phi) is 17.1. The van der Waals surface area contributed by atoms with Crippen LogP contribution in [-0.2, 0) is 23.8 Å². The minimum Gasteiger partial charge on any atom is -0.465 e. The SMILES string of the molecule is CCCCCCCCCCCCCCCCCC(=O)OCC1(CC)COC2(CC(C)(CC)N(OC)C(C)(CC)C2C)OC1. The second-order valence-corrected chi connectivity index (χ2v) is 14.5. The van der Waals surface area contributed by atoms with Crippen molar-refractivity contribution in [1.29, 1.82) is 0 Å². The van der Waals surface area contributed by atoms with Crippen LogP contribution in [0.5, 0.6) is 0 Å². The molecule has 0 radical (unpaired) electrons. The van der Waals surface area contributed by atoms with E-state index in [0.717, 1.165) is 38.5 Å². The van der Waals surface area contributed by atoms with Crippen LogP contribution in [0.4, 0.5) is 0 Å². The van der Waals surface area contributed by atoms with Crippen LogP contribution < -0.4 is 0 Å². The Bertz CT molecular complexity index is 766. The predicted octanol–water partition coefficient (Wildman–Crippen LogP) is 10.2. The summed E-state index contributed by atoms with van der Waals surface area (Å²) in [6.45, 7) is 17.1. The highest BCUT2D eigenvalue weighted by atomic mass is 16.7. The summed E-state index contributed by atoms with van der Waals surface area (Å²) in [5.74, 6) is -0.630. The molecule has 3 atom stereocenters. The second kappa shape index (κ2) is 19.1. The largest absolute Gasteiger partial charge is 0.465 e. The maximum absolute atomic E-state index is 12.6. The average molecular weight is 610 g/mol. The summed E-state index contributed by atoms with van der Waals surface area (Å²) in [5.41, 5.74) is -0.707. The molecule has 0 aromatic heterocycles. The van der Waals surface area contributed by atoms with Gasteiger partial charge in [0.1, 0.15) is 6.61 Å². The van der Waals surface area contributed by atoms with E-state index in [-0.39, 0.29) is 28.4 Å². The molecule has 0 bridgehead atoms. The van der Waals surface area contributed by atoms with Gasteiger partial charge in [0.2, 0.25) is 0 Å². The number of esters is 1. The number of piperidine rings is 1. The smallest absolute Gasteiger partial charge is 0.305 e. The summed E-state index contributed by atoms with van der Waals surface area (Å²) in [5, 5.41) is 2.20. The van der Waals surface area contributed by atoms with Crippen molar-refractivity contribution in [1.82, 2.24) is 5.06 Å². The molecular weight excluding hydrogens is 538 g/mol. The quantitative estimate of drug-likeness (QED) is 0.0899. The van der Waals surface area contributed by atoms with E-state index in [2.05, 4.69) is 53.5 Å². The summed E-state index contributed by atoms with van der Waals surface area (Å²) < 4.78 is 19.3. The van der Waals surface area contributed by atoms with Gasteiger partial charge in [-0.2, -0.15) is 5.06 Å². The molecule has 0 N–H and O–H groups in total. The lowest BCUT2D eigenvalue weighted by molar-refractivity contribution is -0.407. The van der Waals surface area contributed by atoms with Crippen LogP contribution in [0.1, 0.15) is 177 Å². The summed E-state index contributed by atoms with van der Waals surface area (Å²) in [4.78, 5) is 18.6. The molecule has 0 saturated carbocycles. The molecule has 2 fully saturated rings. The third kappa shape index (κ3) is 10.7.